The lowest BCUT2D eigenvalue weighted by molar-refractivity contribution is -0.138. The van der Waals surface area contributed by atoms with E-state index in [2.05, 4.69) is 35.1 Å². The summed E-state index contributed by atoms with van der Waals surface area (Å²) in [6, 6.07) is 11.1. The quantitative estimate of drug-likeness (QED) is 0.465. The number of halogens is 3. The molecule has 1 fully saturated rings. The van der Waals surface area contributed by atoms with E-state index >= 15 is 0 Å². The van der Waals surface area contributed by atoms with Crippen LogP contribution in [0.3, 0.4) is 0 Å². The Morgan fingerprint density at radius 1 is 1.05 bits per heavy atom. The van der Waals surface area contributed by atoms with Gasteiger partial charge < -0.3 is 0 Å². The van der Waals surface area contributed by atoms with Crippen LogP contribution in [0.2, 0.25) is 0 Å². The molecule has 0 radical (unpaired) electrons. The molecule has 1 unspecified atom stereocenters. The Balaban J connectivity index is 1.39. The molecular formula is C29H29F3N4O2. The van der Waals surface area contributed by atoms with Gasteiger partial charge in [0, 0.05) is 37.2 Å². The average Bonchev–Trinajstić information content (AvgIpc) is 2.83. The van der Waals surface area contributed by atoms with Crippen molar-refractivity contribution in [2.24, 2.45) is 5.41 Å². The molecule has 198 valence electrons. The number of carbonyl (C=O) groups is 2. The van der Waals surface area contributed by atoms with Crippen molar-refractivity contribution in [1.82, 2.24) is 20.2 Å². The number of hydrogen-bond donors (Lipinski definition) is 1. The normalized spacial score (nSPS) is 20.4. The molecule has 6 nitrogen and oxygen atoms in total. The number of aryl methyl sites for hydroxylation is 1. The van der Waals surface area contributed by atoms with E-state index in [1.54, 1.807) is 0 Å². The van der Waals surface area contributed by atoms with E-state index < -0.39 is 17.7 Å². The van der Waals surface area contributed by atoms with Crippen LogP contribution in [0.5, 0.6) is 0 Å². The fourth-order valence-electron chi connectivity index (χ4n) is 5.49. The zero-order valence-electron chi connectivity index (χ0n) is 21.5. The monoisotopic (exact) mass is 522 g/mol. The number of amides is 2. The Kier molecular flexibility index (Phi) is 6.59. The van der Waals surface area contributed by atoms with Crippen molar-refractivity contribution in [3.8, 4) is 0 Å². The molecule has 0 spiro atoms. The Morgan fingerprint density at radius 2 is 1.79 bits per heavy atom. The molecule has 1 aromatic carbocycles. The molecule has 5 rings (SSSR count). The Bertz CT molecular complexity index is 1440. The van der Waals surface area contributed by atoms with E-state index in [1.165, 1.54) is 12.1 Å². The van der Waals surface area contributed by atoms with Crippen LogP contribution in [-0.4, -0.2) is 39.8 Å². The molecule has 1 N–H and O–H groups in total. The van der Waals surface area contributed by atoms with Crippen molar-refractivity contribution in [2.45, 2.75) is 52.3 Å². The fourth-order valence-corrected chi connectivity index (χ4v) is 5.49. The summed E-state index contributed by atoms with van der Waals surface area (Å²) in [6.07, 6.45) is -1.46. The molecule has 0 aliphatic carbocycles. The summed E-state index contributed by atoms with van der Waals surface area (Å²) >= 11 is 0. The van der Waals surface area contributed by atoms with Crippen molar-refractivity contribution in [3.63, 3.8) is 0 Å². The number of piperidine rings is 1. The molecule has 1 atom stereocenters. The first-order valence-electron chi connectivity index (χ1n) is 12.6. The van der Waals surface area contributed by atoms with Crippen molar-refractivity contribution in [1.29, 1.82) is 0 Å². The van der Waals surface area contributed by atoms with Gasteiger partial charge in [-0.1, -0.05) is 32.1 Å². The van der Waals surface area contributed by atoms with Crippen LogP contribution in [0.15, 0.2) is 48.5 Å². The van der Waals surface area contributed by atoms with E-state index in [9.17, 15) is 22.8 Å². The lowest BCUT2D eigenvalue weighted by Crippen LogP contribution is -2.39. The summed E-state index contributed by atoms with van der Waals surface area (Å²) in [7, 11) is 0. The van der Waals surface area contributed by atoms with Gasteiger partial charge in [-0.25, -0.2) is 4.98 Å². The highest BCUT2D eigenvalue weighted by atomic mass is 19.4. The highest BCUT2D eigenvalue weighted by Crippen LogP contribution is 2.39. The van der Waals surface area contributed by atoms with Crippen LogP contribution >= 0.6 is 0 Å². The maximum atomic E-state index is 12.9. The van der Waals surface area contributed by atoms with Gasteiger partial charge in [0.05, 0.1) is 28.2 Å². The molecule has 38 heavy (non-hydrogen) atoms. The lowest BCUT2D eigenvalue weighted by Gasteiger charge is -2.38. The number of imide groups is 1. The van der Waals surface area contributed by atoms with Gasteiger partial charge >= 0.3 is 6.18 Å². The Hall–Kier alpha value is -3.59. The highest BCUT2D eigenvalue weighted by Gasteiger charge is 2.33. The van der Waals surface area contributed by atoms with Gasteiger partial charge in [-0.05, 0) is 60.4 Å². The van der Waals surface area contributed by atoms with Crippen molar-refractivity contribution >= 4 is 28.4 Å². The number of alkyl halides is 3. The maximum Gasteiger partial charge on any atom is 0.416 e. The number of pyridine rings is 2. The first-order chi connectivity index (χ1) is 17.9. The number of carbonyl (C=O) groups excluding carboxylic acids is 2. The minimum Gasteiger partial charge on any atom is -0.296 e. The molecule has 9 heteroatoms. The van der Waals surface area contributed by atoms with Gasteiger partial charge in [0.2, 0.25) is 11.8 Å². The van der Waals surface area contributed by atoms with Crippen molar-refractivity contribution in [3.05, 3.63) is 76.6 Å². The molecule has 1 saturated heterocycles. The smallest absolute Gasteiger partial charge is 0.296 e. The van der Waals surface area contributed by atoms with Crippen LogP contribution in [0.4, 0.5) is 13.2 Å². The summed E-state index contributed by atoms with van der Waals surface area (Å²) in [5.41, 5.74) is 4.81. The number of aromatic nitrogens is 2. The first kappa shape index (κ1) is 26.0. The van der Waals surface area contributed by atoms with Crippen LogP contribution < -0.4 is 5.32 Å². The number of nitrogens with zero attached hydrogens (tertiary/aromatic N) is 3. The van der Waals surface area contributed by atoms with Crippen molar-refractivity contribution in [2.75, 3.05) is 13.1 Å². The largest absolute Gasteiger partial charge is 0.416 e. The second-order valence-electron chi connectivity index (χ2n) is 10.8. The van der Waals surface area contributed by atoms with Crippen LogP contribution in [-0.2, 0) is 22.3 Å². The fraction of sp³-hybridized carbons (Fsp3) is 0.379. The van der Waals surface area contributed by atoms with Gasteiger partial charge in [0.25, 0.3) is 0 Å². The SMILES string of the molecule is Cc1nc2ccc(C3=CCN(Cc4ccc(C(F)(F)F)cc4)CC3(C)C)nc2cc1C1CCC(=O)NC1=O. The summed E-state index contributed by atoms with van der Waals surface area (Å²) < 4.78 is 38.7. The van der Waals surface area contributed by atoms with Gasteiger partial charge in [0.1, 0.15) is 0 Å². The van der Waals surface area contributed by atoms with E-state index in [0.29, 0.717) is 38.0 Å². The van der Waals surface area contributed by atoms with Crippen LogP contribution in [0.25, 0.3) is 16.6 Å². The third-order valence-corrected chi connectivity index (χ3v) is 7.38. The number of rotatable bonds is 4. The topological polar surface area (TPSA) is 75.2 Å². The third-order valence-electron chi connectivity index (χ3n) is 7.38. The lowest BCUT2D eigenvalue weighted by atomic mass is 9.79. The van der Waals surface area contributed by atoms with E-state index in [4.69, 9.17) is 4.98 Å². The van der Waals surface area contributed by atoms with Gasteiger partial charge in [0.15, 0.2) is 0 Å². The zero-order chi connectivity index (χ0) is 27.2. The predicted molar refractivity (Wildman–Crippen MR) is 138 cm³/mol. The molecule has 3 aromatic rings. The molecule has 0 bridgehead atoms. The van der Waals surface area contributed by atoms with Gasteiger partial charge in [-0.15, -0.1) is 0 Å². The van der Waals surface area contributed by atoms with E-state index in [-0.39, 0.29) is 17.2 Å². The van der Waals surface area contributed by atoms with Gasteiger partial charge in [-0.2, -0.15) is 13.2 Å². The van der Waals surface area contributed by atoms with E-state index in [0.717, 1.165) is 45.7 Å². The first-order valence-corrected chi connectivity index (χ1v) is 12.6. The minimum absolute atomic E-state index is 0.253. The molecule has 2 amide bonds. The molecule has 0 saturated carbocycles. The molecule has 2 aliphatic rings. The number of benzene rings is 1. The second kappa shape index (κ2) is 9.62. The highest BCUT2D eigenvalue weighted by molar-refractivity contribution is 6.01. The number of fused-ring (bicyclic) bond motifs is 1. The minimum atomic E-state index is -4.34. The van der Waals surface area contributed by atoms with Crippen LogP contribution in [0.1, 0.15) is 60.7 Å². The number of nitrogens with one attached hydrogen (secondary N) is 1. The van der Waals surface area contributed by atoms with Crippen LogP contribution in [0, 0.1) is 12.3 Å². The summed E-state index contributed by atoms with van der Waals surface area (Å²) in [6.45, 7) is 8.04. The Labute approximate surface area is 219 Å². The van der Waals surface area contributed by atoms with E-state index in [1.807, 2.05) is 25.1 Å². The summed E-state index contributed by atoms with van der Waals surface area (Å²) in [4.78, 5) is 35.9. The average molecular weight is 523 g/mol. The zero-order valence-corrected chi connectivity index (χ0v) is 21.5. The predicted octanol–water partition coefficient (Wildman–Crippen LogP) is 5.40. The number of hydrogen-bond acceptors (Lipinski definition) is 5. The molecule has 2 aromatic heterocycles. The van der Waals surface area contributed by atoms with Gasteiger partial charge in [-0.3, -0.25) is 24.8 Å². The maximum absolute atomic E-state index is 12.9. The summed E-state index contributed by atoms with van der Waals surface area (Å²) in [5, 5.41) is 2.42. The standard InChI is InChI=1S/C29H29F3N4O2/c1-17-21(20-8-11-26(37)35-27(20)38)14-25-24(33-17)10-9-23(34-25)22-12-13-36(16-28(22,2)3)15-18-4-6-19(7-5-18)29(30,31)32/h4-7,9-10,12,14,20H,8,11,13,15-16H2,1-3H3,(H,35,37,38). The third kappa shape index (κ3) is 5.20. The van der Waals surface area contributed by atoms with Crippen molar-refractivity contribution < 1.29 is 22.8 Å². The molecule has 2 aliphatic heterocycles. The summed E-state index contributed by atoms with van der Waals surface area (Å²) in [5.74, 6) is -0.984. The molecule has 4 heterocycles. The second-order valence-corrected chi connectivity index (χ2v) is 10.8. The Morgan fingerprint density at radius 3 is 2.45 bits per heavy atom. The molecular weight excluding hydrogens is 493 g/mol.